The van der Waals surface area contributed by atoms with Gasteiger partial charge in [0.15, 0.2) is 17.0 Å². The third kappa shape index (κ3) is 3.45. The lowest BCUT2D eigenvalue weighted by Crippen LogP contribution is -2.37. The second-order valence-corrected chi connectivity index (χ2v) is 8.90. The molecule has 0 spiro atoms. The summed E-state index contributed by atoms with van der Waals surface area (Å²) in [6, 6.07) is 7.28. The minimum absolute atomic E-state index is 0.0126. The van der Waals surface area contributed by atoms with Crippen molar-refractivity contribution in [2.24, 2.45) is 0 Å². The topological polar surface area (TPSA) is 90.2 Å². The van der Waals surface area contributed by atoms with Crippen LogP contribution < -0.4 is 4.90 Å². The van der Waals surface area contributed by atoms with Gasteiger partial charge in [-0.05, 0) is 18.6 Å². The van der Waals surface area contributed by atoms with Crippen LogP contribution in [0, 0.1) is 0 Å². The number of anilines is 1. The molecule has 1 saturated heterocycles. The normalized spacial score (nSPS) is 15.3. The van der Waals surface area contributed by atoms with E-state index in [1.807, 2.05) is 30.0 Å². The van der Waals surface area contributed by atoms with Gasteiger partial charge in [-0.3, -0.25) is 4.57 Å². The molecule has 4 rings (SSSR count). The van der Waals surface area contributed by atoms with Crippen LogP contribution in [0.25, 0.3) is 16.9 Å². The van der Waals surface area contributed by atoms with Crippen molar-refractivity contribution in [2.45, 2.75) is 18.5 Å². The van der Waals surface area contributed by atoms with Crippen LogP contribution in [0.3, 0.4) is 0 Å². The van der Waals surface area contributed by atoms with Crippen molar-refractivity contribution in [1.29, 1.82) is 0 Å². The Balaban J connectivity index is 1.96. The molecule has 0 aliphatic carbocycles. The van der Waals surface area contributed by atoms with Gasteiger partial charge in [0, 0.05) is 13.1 Å². The molecule has 1 aliphatic rings. The Morgan fingerprint density at radius 1 is 1.18 bits per heavy atom. The highest BCUT2D eigenvalue weighted by Gasteiger charge is 2.26. The monoisotopic (exact) mass is 421 g/mol. The molecule has 0 N–H and O–H groups in total. The van der Waals surface area contributed by atoms with E-state index in [0.717, 1.165) is 0 Å². The van der Waals surface area contributed by atoms with Gasteiger partial charge in [-0.15, -0.1) is 0 Å². The van der Waals surface area contributed by atoms with Crippen molar-refractivity contribution in [2.75, 3.05) is 37.0 Å². The quantitative estimate of drug-likeness (QED) is 0.584. The lowest BCUT2D eigenvalue weighted by atomic mass is 10.3. The van der Waals surface area contributed by atoms with Crippen molar-refractivity contribution < 1.29 is 13.2 Å². The van der Waals surface area contributed by atoms with Crippen LogP contribution in [0.15, 0.2) is 35.7 Å². The number of benzene rings is 1. The Morgan fingerprint density at radius 2 is 1.93 bits per heavy atom. The first-order valence-electron chi connectivity index (χ1n) is 9.06. The molecule has 28 heavy (non-hydrogen) atoms. The van der Waals surface area contributed by atoms with Crippen LogP contribution in [0.2, 0.25) is 5.02 Å². The van der Waals surface area contributed by atoms with Crippen LogP contribution in [0.5, 0.6) is 0 Å². The highest BCUT2D eigenvalue weighted by Crippen LogP contribution is 2.29. The fourth-order valence-electron chi connectivity index (χ4n) is 3.18. The van der Waals surface area contributed by atoms with E-state index in [0.29, 0.717) is 60.4 Å². The Morgan fingerprint density at radius 3 is 2.64 bits per heavy atom. The Bertz CT molecular complexity index is 1110. The average molecular weight is 422 g/mol. The second kappa shape index (κ2) is 7.65. The summed E-state index contributed by atoms with van der Waals surface area (Å²) in [6.45, 7) is 4.13. The predicted octanol–water partition coefficient (Wildman–Crippen LogP) is 2.49. The summed E-state index contributed by atoms with van der Waals surface area (Å²) in [5, 5.41) is 0.337. The molecule has 3 heterocycles. The van der Waals surface area contributed by atoms with Crippen molar-refractivity contribution in [3.8, 4) is 5.69 Å². The van der Waals surface area contributed by atoms with Gasteiger partial charge >= 0.3 is 0 Å². The number of nitrogens with zero attached hydrogens (tertiary/aromatic N) is 5. The summed E-state index contributed by atoms with van der Waals surface area (Å²) in [5.41, 5.74) is 1.63. The van der Waals surface area contributed by atoms with Crippen molar-refractivity contribution >= 4 is 38.4 Å². The van der Waals surface area contributed by atoms with Crippen LogP contribution >= 0.6 is 11.6 Å². The van der Waals surface area contributed by atoms with E-state index in [4.69, 9.17) is 16.3 Å². The number of hydrogen-bond donors (Lipinski definition) is 0. The fourth-order valence-corrected chi connectivity index (χ4v) is 4.58. The number of rotatable bonds is 5. The van der Waals surface area contributed by atoms with E-state index in [1.54, 1.807) is 17.0 Å². The Kier molecular flexibility index (Phi) is 5.22. The molecular formula is C18H20ClN5O3S. The molecular weight excluding hydrogens is 402 g/mol. The van der Waals surface area contributed by atoms with Gasteiger partial charge in [0.25, 0.3) is 5.16 Å². The molecule has 3 aromatic rings. The van der Waals surface area contributed by atoms with Crippen LogP contribution in [-0.2, 0) is 14.6 Å². The minimum atomic E-state index is -3.60. The van der Waals surface area contributed by atoms with Crippen LogP contribution in [0.4, 0.5) is 5.82 Å². The third-order valence-electron chi connectivity index (χ3n) is 4.53. The number of fused-ring (bicyclic) bond motifs is 1. The van der Waals surface area contributed by atoms with Gasteiger partial charge in [0.05, 0.1) is 29.7 Å². The van der Waals surface area contributed by atoms with Gasteiger partial charge in [-0.2, -0.15) is 9.97 Å². The molecule has 1 aromatic carbocycles. The van der Waals surface area contributed by atoms with Gasteiger partial charge in [0.2, 0.25) is 9.84 Å². The third-order valence-corrected chi connectivity index (χ3v) is 6.54. The Hall–Kier alpha value is -2.23. The zero-order valence-corrected chi connectivity index (χ0v) is 16.9. The van der Waals surface area contributed by atoms with Crippen molar-refractivity contribution in [3.63, 3.8) is 0 Å². The van der Waals surface area contributed by atoms with E-state index >= 15 is 0 Å². The molecule has 1 aliphatic heterocycles. The minimum Gasteiger partial charge on any atom is -0.378 e. The number of halogens is 1. The lowest BCUT2D eigenvalue weighted by molar-refractivity contribution is 0.122. The van der Waals surface area contributed by atoms with E-state index in [1.165, 1.54) is 0 Å². The zero-order valence-electron chi connectivity index (χ0n) is 15.4. The summed E-state index contributed by atoms with van der Waals surface area (Å²) in [4.78, 5) is 15.3. The summed E-state index contributed by atoms with van der Waals surface area (Å²) in [7, 11) is -3.60. The van der Waals surface area contributed by atoms with Crippen molar-refractivity contribution in [1.82, 2.24) is 19.5 Å². The average Bonchev–Trinajstić information content (AvgIpc) is 3.12. The maximum atomic E-state index is 12.7. The number of sulfone groups is 1. The molecule has 10 heteroatoms. The van der Waals surface area contributed by atoms with Gasteiger partial charge in [-0.1, -0.05) is 30.7 Å². The van der Waals surface area contributed by atoms with E-state index in [2.05, 4.69) is 15.0 Å². The summed E-state index contributed by atoms with van der Waals surface area (Å²) >= 11 is 6.35. The molecule has 0 unspecified atom stereocenters. The maximum absolute atomic E-state index is 12.7. The standard InChI is InChI=1S/C18H20ClN5O3S/c1-2-11-28(25,26)18-21-16(23-7-9-27-10-8-23)15-17(22-18)24(12-20-15)14-6-4-3-5-13(14)19/h3-6,12H,2,7-11H2,1H3. The molecule has 148 valence electrons. The molecule has 0 bridgehead atoms. The van der Waals surface area contributed by atoms with Gasteiger partial charge in [-0.25, -0.2) is 13.4 Å². The first-order chi connectivity index (χ1) is 13.5. The van der Waals surface area contributed by atoms with E-state index in [-0.39, 0.29) is 10.9 Å². The summed E-state index contributed by atoms with van der Waals surface area (Å²) in [5.74, 6) is 0.496. The van der Waals surface area contributed by atoms with Crippen LogP contribution in [-0.4, -0.2) is 60.0 Å². The number of imidazole rings is 1. The number of aromatic nitrogens is 4. The number of para-hydroxylation sites is 1. The molecule has 2 aromatic heterocycles. The summed E-state index contributed by atoms with van der Waals surface area (Å²) < 4.78 is 32.6. The molecule has 0 amide bonds. The Labute approximate surface area is 168 Å². The highest BCUT2D eigenvalue weighted by molar-refractivity contribution is 7.91. The smallest absolute Gasteiger partial charge is 0.251 e. The van der Waals surface area contributed by atoms with Crippen molar-refractivity contribution in [3.05, 3.63) is 35.6 Å². The largest absolute Gasteiger partial charge is 0.378 e. The molecule has 0 atom stereocenters. The zero-order chi connectivity index (χ0) is 19.7. The fraction of sp³-hybridized carbons (Fsp3) is 0.389. The van der Waals surface area contributed by atoms with Gasteiger partial charge in [0.1, 0.15) is 6.33 Å². The second-order valence-electron chi connectivity index (χ2n) is 6.49. The van der Waals surface area contributed by atoms with E-state index < -0.39 is 9.84 Å². The van der Waals surface area contributed by atoms with E-state index in [9.17, 15) is 8.42 Å². The molecule has 0 radical (unpaired) electrons. The summed E-state index contributed by atoms with van der Waals surface area (Å²) in [6.07, 6.45) is 2.08. The van der Waals surface area contributed by atoms with Crippen LogP contribution in [0.1, 0.15) is 13.3 Å². The number of hydrogen-bond acceptors (Lipinski definition) is 7. The SMILES string of the molecule is CCCS(=O)(=O)c1nc(N2CCOCC2)c2ncn(-c3ccccc3Cl)c2n1. The number of morpholine rings is 1. The molecule has 0 saturated carbocycles. The lowest BCUT2D eigenvalue weighted by Gasteiger charge is -2.28. The van der Waals surface area contributed by atoms with Gasteiger partial charge < -0.3 is 9.64 Å². The first-order valence-corrected chi connectivity index (χ1v) is 11.1. The predicted molar refractivity (Wildman–Crippen MR) is 107 cm³/mol. The maximum Gasteiger partial charge on any atom is 0.251 e. The molecule has 1 fully saturated rings. The number of ether oxygens (including phenoxy) is 1. The highest BCUT2D eigenvalue weighted by atomic mass is 35.5. The first kappa shape index (κ1) is 19.1. The molecule has 8 nitrogen and oxygen atoms in total.